The average molecular weight is 394 g/mol. The summed E-state index contributed by atoms with van der Waals surface area (Å²) in [5.74, 6) is 0.111. The second kappa shape index (κ2) is 6.35. The lowest BCUT2D eigenvalue weighted by molar-refractivity contribution is 0.103. The van der Waals surface area contributed by atoms with Crippen LogP contribution in [0.15, 0.2) is 34.8 Å². The van der Waals surface area contributed by atoms with E-state index in [0.717, 1.165) is 4.47 Å². The molecule has 0 aliphatic carbocycles. The number of ketones is 1. The first kappa shape index (κ1) is 15.6. The second-order valence-corrected chi connectivity index (χ2v) is 6.06. The zero-order chi connectivity index (χ0) is 14.9. The molecule has 0 saturated heterocycles. The monoisotopic (exact) mass is 392 g/mol. The lowest BCUT2D eigenvalue weighted by Gasteiger charge is -2.09. The number of carbonyl (C=O) groups excluding carboxylic acids is 1. The predicted octanol–water partition coefficient (Wildman–Crippen LogP) is 5.65. The predicted molar refractivity (Wildman–Crippen MR) is 85.6 cm³/mol. The Hall–Kier alpha value is -0.740. The molecule has 0 aromatic heterocycles. The highest BCUT2D eigenvalue weighted by Crippen LogP contribution is 2.33. The molecule has 104 valence electrons. The summed E-state index contributed by atoms with van der Waals surface area (Å²) in [4.78, 5) is 12.5. The fourth-order valence-electron chi connectivity index (χ4n) is 1.68. The topological polar surface area (TPSA) is 26.3 Å². The van der Waals surface area contributed by atoms with Crippen LogP contribution in [0.2, 0.25) is 15.1 Å². The molecule has 2 rings (SSSR count). The second-order valence-electron chi connectivity index (χ2n) is 3.92. The Kier molecular flexibility index (Phi) is 4.97. The van der Waals surface area contributed by atoms with Crippen molar-refractivity contribution in [1.82, 2.24) is 0 Å². The highest BCUT2D eigenvalue weighted by atomic mass is 79.9. The van der Waals surface area contributed by atoms with Crippen molar-refractivity contribution in [3.63, 3.8) is 0 Å². The van der Waals surface area contributed by atoms with E-state index in [1.807, 2.05) is 0 Å². The minimum absolute atomic E-state index is 0.257. The number of methoxy groups -OCH3 is 1. The third-order valence-electron chi connectivity index (χ3n) is 2.66. The number of halogens is 4. The Morgan fingerprint density at radius 1 is 1.00 bits per heavy atom. The standard InChI is InChI=1S/C14H8BrCl3O2/c1-20-13-6-11(17)9(5-12(13)18)14(19)8-4-7(15)2-3-10(8)16/h2-6H,1H3. The van der Waals surface area contributed by atoms with E-state index >= 15 is 0 Å². The summed E-state index contributed by atoms with van der Waals surface area (Å²) >= 11 is 21.5. The number of hydrogen-bond donors (Lipinski definition) is 0. The summed E-state index contributed by atoms with van der Waals surface area (Å²) in [6, 6.07) is 8.00. The molecule has 0 atom stereocenters. The van der Waals surface area contributed by atoms with E-state index in [0.29, 0.717) is 21.4 Å². The molecular weight excluding hydrogens is 386 g/mol. The van der Waals surface area contributed by atoms with E-state index in [-0.39, 0.29) is 16.4 Å². The highest BCUT2D eigenvalue weighted by Gasteiger charge is 2.18. The lowest BCUT2D eigenvalue weighted by atomic mass is 10.0. The molecule has 0 aliphatic heterocycles. The van der Waals surface area contributed by atoms with Gasteiger partial charge in [0, 0.05) is 21.7 Å². The molecule has 2 aromatic rings. The number of carbonyl (C=O) groups is 1. The van der Waals surface area contributed by atoms with Crippen LogP contribution in [0.5, 0.6) is 5.75 Å². The van der Waals surface area contributed by atoms with Crippen molar-refractivity contribution in [2.45, 2.75) is 0 Å². The quantitative estimate of drug-likeness (QED) is 0.629. The molecule has 2 nitrogen and oxygen atoms in total. The number of benzene rings is 2. The minimum Gasteiger partial charge on any atom is -0.495 e. The van der Waals surface area contributed by atoms with Crippen molar-refractivity contribution in [1.29, 1.82) is 0 Å². The van der Waals surface area contributed by atoms with Crippen LogP contribution in [0, 0.1) is 0 Å². The minimum atomic E-state index is -0.300. The van der Waals surface area contributed by atoms with Gasteiger partial charge in [0.05, 0.1) is 22.2 Å². The van der Waals surface area contributed by atoms with Gasteiger partial charge in [0.2, 0.25) is 0 Å². The summed E-state index contributed by atoms with van der Waals surface area (Å²) in [7, 11) is 1.48. The van der Waals surface area contributed by atoms with Crippen LogP contribution in [0.25, 0.3) is 0 Å². The molecule has 0 spiro atoms. The van der Waals surface area contributed by atoms with Crippen LogP contribution in [0.4, 0.5) is 0 Å². The molecule has 6 heteroatoms. The van der Waals surface area contributed by atoms with Crippen molar-refractivity contribution in [2.75, 3.05) is 7.11 Å². The molecule has 0 heterocycles. The first-order valence-electron chi connectivity index (χ1n) is 5.47. The first-order valence-corrected chi connectivity index (χ1v) is 7.39. The Balaban J connectivity index is 2.54. The van der Waals surface area contributed by atoms with E-state index in [4.69, 9.17) is 39.5 Å². The maximum Gasteiger partial charge on any atom is 0.196 e. The molecule has 20 heavy (non-hydrogen) atoms. The molecule has 2 aromatic carbocycles. The van der Waals surface area contributed by atoms with Crippen LogP contribution in [0.1, 0.15) is 15.9 Å². The molecule has 0 saturated carbocycles. The van der Waals surface area contributed by atoms with Gasteiger partial charge in [0.1, 0.15) is 5.75 Å². The Bertz CT molecular complexity index is 686. The maximum absolute atomic E-state index is 12.5. The third-order valence-corrected chi connectivity index (χ3v) is 4.09. The maximum atomic E-state index is 12.5. The molecule has 0 radical (unpaired) electrons. The smallest absolute Gasteiger partial charge is 0.196 e. The summed E-state index contributed by atoms with van der Waals surface area (Å²) in [5, 5.41) is 0.917. The first-order chi connectivity index (χ1) is 9.43. The van der Waals surface area contributed by atoms with Crippen molar-refractivity contribution in [3.8, 4) is 5.75 Å². The van der Waals surface area contributed by atoms with Crippen LogP contribution in [-0.4, -0.2) is 12.9 Å². The van der Waals surface area contributed by atoms with Gasteiger partial charge in [-0.1, -0.05) is 50.7 Å². The Morgan fingerprint density at radius 3 is 2.30 bits per heavy atom. The summed E-state index contributed by atoms with van der Waals surface area (Å²) < 4.78 is 5.80. The fraction of sp³-hybridized carbons (Fsp3) is 0.0714. The number of rotatable bonds is 3. The number of hydrogen-bond acceptors (Lipinski definition) is 2. The van der Waals surface area contributed by atoms with Gasteiger partial charge in [-0.3, -0.25) is 4.79 Å². The fourth-order valence-corrected chi connectivity index (χ4v) is 2.72. The zero-order valence-corrected chi connectivity index (χ0v) is 14.1. The molecule has 0 fully saturated rings. The van der Waals surface area contributed by atoms with E-state index in [1.54, 1.807) is 18.2 Å². The van der Waals surface area contributed by atoms with Crippen LogP contribution in [-0.2, 0) is 0 Å². The van der Waals surface area contributed by atoms with Gasteiger partial charge in [-0.15, -0.1) is 0 Å². The molecule has 0 aliphatic rings. The SMILES string of the molecule is COc1cc(Cl)c(C(=O)c2cc(Br)ccc2Cl)cc1Cl. The Morgan fingerprint density at radius 2 is 1.65 bits per heavy atom. The van der Waals surface area contributed by atoms with Crippen molar-refractivity contribution in [2.24, 2.45) is 0 Å². The summed E-state index contributed by atoms with van der Waals surface area (Å²) in [6.45, 7) is 0. The van der Waals surface area contributed by atoms with Gasteiger partial charge >= 0.3 is 0 Å². The summed E-state index contributed by atoms with van der Waals surface area (Å²) in [5.41, 5.74) is 0.627. The van der Waals surface area contributed by atoms with Gasteiger partial charge in [-0.25, -0.2) is 0 Å². The highest BCUT2D eigenvalue weighted by molar-refractivity contribution is 9.10. The van der Waals surface area contributed by atoms with Crippen LogP contribution in [0.3, 0.4) is 0 Å². The summed E-state index contributed by atoms with van der Waals surface area (Å²) in [6.07, 6.45) is 0. The van der Waals surface area contributed by atoms with E-state index in [1.165, 1.54) is 19.2 Å². The lowest BCUT2D eigenvalue weighted by Crippen LogP contribution is -2.04. The Labute approximate surface area is 139 Å². The molecular formula is C14H8BrCl3O2. The molecule has 0 bridgehead atoms. The van der Waals surface area contributed by atoms with E-state index in [9.17, 15) is 4.79 Å². The third kappa shape index (κ3) is 3.12. The normalized spacial score (nSPS) is 10.4. The number of ether oxygens (including phenoxy) is 1. The van der Waals surface area contributed by atoms with Gasteiger partial charge in [0.25, 0.3) is 0 Å². The van der Waals surface area contributed by atoms with Crippen molar-refractivity contribution in [3.05, 3.63) is 61.0 Å². The van der Waals surface area contributed by atoms with Gasteiger partial charge in [-0.2, -0.15) is 0 Å². The van der Waals surface area contributed by atoms with Gasteiger partial charge in [0.15, 0.2) is 5.78 Å². The molecule has 0 N–H and O–H groups in total. The molecule has 0 amide bonds. The van der Waals surface area contributed by atoms with E-state index in [2.05, 4.69) is 15.9 Å². The van der Waals surface area contributed by atoms with Gasteiger partial charge in [-0.05, 0) is 24.3 Å². The van der Waals surface area contributed by atoms with Crippen molar-refractivity contribution < 1.29 is 9.53 Å². The van der Waals surface area contributed by atoms with Gasteiger partial charge < -0.3 is 4.74 Å². The molecule has 0 unspecified atom stereocenters. The largest absolute Gasteiger partial charge is 0.495 e. The van der Waals surface area contributed by atoms with Crippen LogP contribution >= 0.6 is 50.7 Å². The zero-order valence-electron chi connectivity index (χ0n) is 10.2. The average Bonchev–Trinajstić information content (AvgIpc) is 2.42. The van der Waals surface area contributed by atoms with Crippen LogP contribution < -0.4 is 4.74 Å². The van der Waals surface area contributed by atoms with E-state index < -0.39 is 0 Å². The van der Waals surface area contributed by atoms with Crippen molar-refractivity contribution >= 4 is 56.5 Å².